The molecule has 0 aromatic heterocycles. The minimum Gasteiger partial charge on any atom is -0.480 e. The van der Waals surface area contributed by atoms with Gasteiger partial charge in [-0.3, -0.25) is 4.79 Å². The fourth-order valence-corrected chi connectivity index (χ4v) is 2.02. The van der Waals surface area contributed by atoms with Crippen LogP contribution in [-0.4, -0.2) is 48.8 Å². The Hall–Kier alpha value is -1.21. The summed E-state index contributed by atoms with van der Waals surface area (Å²) in [4.78, 5) is 23.9. The first-order chi connectivity index (χ1) is 9.85. The summed E-state index contributed by atoms with van der Waals surface area (Å²) in [5.74, 6) is -1.14. The molecule has 1 rings (SSSR count). The standard InChI is InChI=1S/C12H13Cl3N2O4/c1-21-3-2-17(6-11(18)19)12(20)16-10-5-8(14)7(13)4-9(10)15/h4-5H,2-3,6H2,1H3,(H,16,20)(H,18,19). The molecule has 2 amide bonds. The Morgan fingerprint density at radius 3 is 2.43 bits per heavy atom. The molecule has 0 atom stereocenters. The number of nitrogens with one attached hydrogen (secondary N) is 1. The highest BCUT2D eigenvalue weighted by Crippen LogP contribution is 2.32. The van der Waals surface area contributed by atoms with Crippen LogP contribution in [0.1, 0.15) is 0 Å². The monoisotopic (exact) mass is 354 g/mol. The molecule has 0 bridgehead atoms. The molecule has 0 saturated carbocycles. The summed E-state index contributed by atoms with van der Waals surface area (Å²) < 4.78 is 4.83. The Bertz CT molecular complexity index is 539. The fourth-order valence-electron chi connectivity index (χ4n) is 1.43. The summed E-state index contributed by atoms with van der Waals surface area (Å²) in [7, 11) is 1.45. The van der Waals surface area contributed by atoms with Crippen LogP contribution < -0.4 is 5.32 Å². The molecule has 0 spiro atoms. The first kappa shape index (κ1) is 17.8. The molecule has 0 fully saturated rings. The number of benzene rings is 1. The number of rotatable bonds is 6. The maximum atomic E-state index is 12.1. The zero-order valence-corrected chi connectivity index (χ0v) is 13.3. The van der Waals surface area contributed by atoms with Gasteiger partial charge in [0.15, 0.2) is 0 Å². The van der Waals surface area contributed by atoms with Gasteiger partial charge in [-0.1, -0.05) is 34.8 Å². The Morgan fingerprint density at radius 2 is 1.86 bits per heavy atom. The van der Waals surface area contributed by atoms with E-state index in [1.165, 1.54) is 19.2 Å². The molecule has 6 nitrogen and oxygen atoms in total. The van der Waals surface area contributed by atoms with Crippen LogP contribution >= 0.6 is 34.8 Å². The number of carbonyl (C=O) groups is 2. The van der Waals surface area contributed by atoms with Gasteiger partial charge in [-0.25, -0.2) is 4.79 Å². The molecule has 0 radical (unpaired) electrons. The maximum absolute atomic E-state index is 12.1. The first-order valence-corrected chi connectivity index (χ1v) is 6.89. The molecule has 0 aliphatic rings. The summed E-state index contributed by atoms with van der Waals surface area (Å²) in [5, 5.41) is 12.0. The Labute approximate surface area is 136 Å². The van der Waals surface area contributed by atoms with E-state index in [9.17, 15) is 9.59 Å². The molecular weight excluding hydrogens is 343 g/mol. The molecule has 0 unspecified atom stereocenters. The van der Waals surface area contributed by atoms with Crippen molar-refractivity contribution in [3.63, 3.8) is 0 Å². The predicted molar refractivity (Wildman–Crippen MR) is 81.6 cm³/mol. The number of amides is 2. The summed E-state index contributed by atoms with van der Waals surface area (Å²) >= 11 is 17.6. The lowest BCUT2D eigenvalue weighted by molar-refractivity contribution is -0.137. The van der Waals surface area contributed by atoms with Gasteiger partial charge in [-0.05, 0) is 12.1 Å². The van der Waals surface area contributed by atoms with Crippen LogP contribution in [0.2, 0.25) is 15.1 Å². The van der Waals surface area contributed by atoms with Crippen molar-refractivity contribution in [2.24, 2.45) is 0 Å². The van der Waals surface area contributed by atoms with Crippen LogP contribution in [0.3, 0.4) is 0 Å². The Kier molecular flexibility index (Phi) is 7.04. The predicted octanol–water partition coefficient (Wildman–Crippen LogP) is 3.21. The summed E-state index contributed by atoms with van der Waals surface area (Å²) in [5.41, 5.74) is 0.240. The summed E-state index contributed by atoms with van der Waals surface area (Å²) in [6.07, 6.45) is 0. The quantitative estimate of drug-likeness (QED) is 0.768. The average molecular weight is 356 g/mol. The lowest BCUT2D eigenvalue weighted by Crippen LogP contribution is -2.40. The number of hydrogen-bond donors (Lipinski definition) is 2. The molecule has 9 heteroatoms. The minimum absolute atomic E-state index is 0.119. The normalized spacial score (nSPS) is 10.3. The number of aliphatic carboxylic acids is 1. The van der Waals surface area contributed by atoms with E-state index >= 15 is 0 Å². The molecule has 0 saturated heterocycles. The van der Waals surface area contributed by atoms with Crippen LogP contribution in [-0.2, 0) is 9.53 Å². The Morgan fingerprint density at radius 1 is 1.24 bits per heavy atom. The third-order valence-corrected chi connectivity index (χ3v) is 3.47. The van der Waals surface area contributed by atoms with E-state index in [0.29, 0.717) is 0 Å². The third-order valence-electron chi connectivity index (χ3n) is 2.43. The van der Waals surface area contributed by atoms with E-state index in [1.807, 2.05) is 0 Å². The largest absolute Gasteiger partial charge is 0.480 e. The molecular formula is C12H13Cl3N2O4. The topological polar surface area (TPSA) is 78.9 Å². The second-order valence-corrected chi connectivity index (χ2v) is 5.21. The minimum atomic E-state index is -1.14. The first-order valence-electron chi connectivity index (χ1n) is 5.76. The van der Waals surface area contributed by atoms with E-state index < -0.39 is 18.5 Å². The van der Waals surface area contributed by atoms with Crippen molar-refractivity contribution in [1.29, 1.82) is 0 Å². The number of hydrogen-bond acceptors (Lipinski definition) is 3. The van der Waals surface area contributed by atoms with Gasteiger partial charge in [0, 0.05) is 13.7 Å². The fraction of sp³-hybridized carbons (Fsp3) is 0.333. The smallest absolute Gasteiger partial charge is 0.323 e. The van der Waals surface area contributed by atoms with Gasteiger partial charge >= 0.3 is 12.0 Å². The highest BCUT2D eigenvalue weighted by Gasteiger charge is 2.18. The van der Waals surface area contributed by atoms with Crippen molar-refractivity contribution in [3.8, 4) is 0 Å². The number of methoxy groups -OCH3 is 1. The highest BCUT2D eigenvalue weighted by atomic mass is 35.5. The van der Waals surface area contributed by atoms with Gasteiger partial charge in [0.05, 0.1) is 27.4 Å². The lowest BCUT2D eigenvalue weighted by Gasteiger charge is -2.21. The van der Waals surface area contributed by atoms with Crippen LogP contribution in [0.4, 0.5) is 10.5 Å². The molecule has 1 aromatic carbocycles. The van der Waals surface area contributed by atoms with Crippen molar-refractivity contribution in [2.75, 3.05) is 32.1 Å². The van der Waals surface area contributed by atoms with Crippen LogP contribution in [0.15, 0.2) is 12.1 Å². The summed E-state index contributed by atoms with van der Waals surface area (Å²) in [6, 6.07) is 2.15. The number of ether oxygens (including phenoxy) is 1. The number of urea groups is 1. The van der Waals surface area contributed by atoms with Crippen LogP contribution in [0.5, 0.6) is 0 Å². The van der Waals surface area contributed by atoms with Gasteiger partial charge in [0.1, 0.15) is 6.54 Å². The number of carboxylic acids is 1. The molecule has 0 heterocycles. The van der Waals surface area contributed by atoms with Gasteiger partial charge in [0.2, 0.25) is 0 Å². The average Bonchev–Trinajstić information content (AvgIpc) is 2.40. The zero-order valence-electron chi connectivity index (χ0n) is 11.0. The van der Waals surface area contributed by atoms with Crippen molar-refractivity contribution in [1.82, 2.24) is 4.90 Å². The second kappa shape index (κ2) is 8.29. The maximum Gasteiger partial charge on any atom is 0.323 e. The van der Waals surface area contributed by atoms with E-state index in [0.717, 1.165) is 4.90 Å². The second-order valence-electron chi connectivity index (χ2n) is 3.98. The van der Waals surface area contributed by atoms with Gasteiger partial charge in [-0.15, -0.1) is 0 Å². The number of anilines is 1. The van der Waals surface area contributed by atoms with Crippen LogP contribution in [0.25, 0.3) is 0 Å². The SMILES string of the molecule is COCCN(CC(=O)O)C(=O)Nc1cc(Cl)c(Cl)cc1Cl. The van der Waals surface area contributed by atoms with Gasteiger partial charge < -0.3 is 20.1 Å². The lowest BCUT2D eigenvalue weighted by atomic mass is 10.3. The number of halogens is 3. The van der Waals surface area contributed by atoms with E-state index in [4.69, 9.17) is 44.6 Å². The van der Waals surface area contributed by atoms with Gasteiger partial charge in [0.25, 0.3) is 0 Å². The van der Waals surface area contributed by atoms with Crippen molar-refractivity contribution in [3.05, 3.63) is 27.2 Å². The molecule has 21 heavy (non-hydrogen) atoms. The molecule has 0 aliphatic heterocycles. The molecule has 2 N–H and O–H groups in total. The highest BCUT2D eigenvalue weighted by molar-refractivity contribution is 6.44. The summed E-state index contributed by atoms with van der Waals surface area (Å²) in [6.45, 7) is -0.141. The van der Waals surface area contributed by atoms with E-state index in [1.54, 1.807) is 0 Å². The van der Waals surface area contributed by atoms with E-state index in [-0.39, 0.29) is 33.9 Å². The van der Waals surface area contributed by atoms with Crippen LogP contribution in [0, 0.1) is 0 Å². The van der Waals surface area contributed by atoms with E-state index in [2.05, 4.69) is 5.32 Å². The van der Waals surface area contributed by atoms with Gasteiger partial charge in [-0.2, -0.15) is 0 Å². The molecule has 116 valence electrons. The number of nitrogens with zero attached hydrogens (tertiary/aromatic N) is 1. The number of carbonyl (C=O) groups excluding carboxylic acids is 1. The Balaban J connectivity index is 2.85. The van der Waals surface area contributed by atoms with Crippen molar-refractivity contribution >= 4 is 52.5 Å². The molecule has 0 aliphatic carbocycles. The zero-order chi connectivity index (χ0) is 16.0. The number of carboxylic acid groups (broad SMARTS) is 1. The third kappa shape index (κ3) is 5.59. The van der Waals surface area contributed by atoms with Crippen molar-refractivity contribution < 1.29 is 19.4 Å². The molecule has 1 aromatic rings. The van der Waals surface area contributed by atoms with Crippen molar-refractivity contribution in [2.45, 2.75) is 0 Å².